The molecule has 0 aliphatic carbocycles. The molecule has 3 rings (SSSR count). The third-order valence-corrected chi connectivity index (χ3v) is 4.05. The molecule has 2 atom stereocenters. The largest absolute Gasteiger partial charge is 0.489 e. The SMILES string of the molecule is OC[C@H]1NC[C@H]1Cc1cccc(OCc2ccccc2)c1. The summed E-state index contributed by atoms with van der Waals surface area (Å²) in [5.41, 5.74) is 2.44. The van der Waals surface area contributed by atoms with Crippen molar-refractivity contribution in [2.24, 2.45) is 5.92 Å². The summed E-state index contributed by atoms with van der Waals surface area (Å²) in [6, 6.07) is 18.7. The van der Waals surface area contributed by atoms with E-state index in [2.05, 4.69) is 29.6 Å². The van der Waals surface area contributed by atoms with Crippen LogP contribution in [-0.2, 0) is 13.0 Å². The Morgan fingerprint density at radius 3 is 2.57 bits per heavy atom. The van der Waals surface area contributed by atoms with E-state index in [-0.39, 0.29) is 12.6 Å². The molecule has 1 aliphatic rings. The number of hydrogen-bond donors (Lipinski definition) is 2. The Kier molecular flexibility index (Phi) is 4.53. The molecule has 0 bridgehead atoms. The Hall–Kier alpha value is -1.84. The van der Waals surface area contributed by atoms with E-state index in [9.17, 15) is 5.11 Å². The molecule has 1 heterocycles. The van der Waals surface area contributed by atoms with E-state index < -0.39 is 0 Å². The summed E-state index contributed by atoms with van der Waals surface area (Å²) in [4.78, 5) is 0. The molecule has 1 saturated heterocycles. The zero-order chi connectivity index (χ0) is 14.5. The lowest BCUT2D eigenvalue weighted by Gasteiger charge is -2.37. The van der Waals surface area contributed by atoms with Gasteiger partial charge >= 0.3 is 0 Å². The van der Waals surface area contributed by atoms with Crippen LogP contribution in [0.15, 0.2) is 54.6 Å². The molecular formula is C18H21NO2. The maximum atomic E-state index is 9.21. The molecule has 2 N–H and O–H groups in total. The fraction of sp³-hybridized carbons (Fsp3) is 0.333. The summed E-state index contributed by atoms with van der Waals surface area (Å²) >= 11 is 0. The van der Waals surface area contributed by atoms with Crippen molar-refractivity contribution >= 4 is 0 Å². The van der Waals surface area contributed by atoms with Crippen molar-refractivity contribution in [2.45, 2.75) is 19.1 Å². The molecule has 0 amide bonds. The van der Waals surface area contributed by atoms with Gasteiger partial charge in [0.25, 0.3) is 0 Å². The third-order valence-electron chi connectivity index (χ3n) is 4.05. The molecule has 110 valence electrons. The maximum absolute atomic E-state index is 9.21. The van der Waals surface area contributed by atoms with Crippen LogP contribution in [0.3, 0.4) is 0 Å². The number of hydrogen-bond acceptors (Lipinski definition) is 3. The van der Waals surface area contributed by atoms with Crippen molar-refractivity contribution in [1.29, 1.82) is 0 Å². The van der Waals surface area contributed by atoms with Crippen LogP contribution in [0, 0.1) is 5.92 Å². The van der Waals surface area contributed by atoms with Crippen molar-refractivity contribution < 1.29 is 9.84 Å². The average Bonchev–Trinajstić information content (AvgIpc) is 2.52. The molecular weight excluding hydrogens is 262 g/mol. The third kappa shape index (κ3) is 3.63. The van der Waals surface area contributed by atoms with Gasteiger partial charge in [0.15, 0.2) is 0 Å². The van der Waals surface area contributed by atoms with Gasteiger partial charge in [-0.3, -0.25) is 0 Å². The fourth-order valence-electron chi connectivity index (χ4n) is 2.69. The van der Waals surface area contributed by atoms with Crippen LogP contribution in [0.4, 0.5) is 0 Å². The Bertz CT molecular complexity index is 568. The second-order valence-corrected chi connectivity index (χ2v) is 5.58. The lowest BCUT2D eigenvalue weighted by atomic mass is 9.86. The first-order chi connectivity index (χ1) is 10.3. The zero-order valence-electron chi connectivity index (χ0n) is 12.0. The Balaban J connectivity index is 1.58. The number of nitrogens with one attached hydrogen (secondary N) is 1. The van der Waals surface area contributed by atoms with Crippen molar-refractivity contribution in [1.82, 2.24) is 5.32 Å². The predicted octanol–water partition coefficient (Wildman–Crippen LogP) is 2.39. The summed E-state index contributed by atoms with van der Waals surface area (Å²) in [6.07, 6.45) is 0.987. The van der Waals surface area contributed by atoms with Gasteiger partial charge in [0.1, 0.15) is 12.4 Å². The minimum absolute atomic E-state index is 0.217. The summed E-state index contributed by atoms with van der Waals surface area (Å²) in [5.74, 6) is 1.43. The lowest BCUT2D eigenvalue weighted by Crippen LogP contribution is -2.55. The topological polar surface area (TPSA) is 41.5 Å². The highest BCUT2D eigenvalue weighted by molar-refractivity contribution is 5.29. The number of ether oxygens (including phenoxy) is 1. The molecule has 1 aliphatic heterocycles. The van der Waals surface area contributed by atoms with E-state index in [4.69, 9.17) is 4.74 Å². The molecule has 0 unspecified atom stereocenters. The highest BCUT2D eigenvalue weighted by Gasteiger charge is 2.29. The van der Waals surface area contributed by atoms with Gasteiger partial charge in [-0.1, -0.05) is 42.5 Å². The van der Waals surface area contributed by atoms with Gasteiger partial charge in [-0.25, -0.2) is 0 Å². The van der Waals surface area contributed by atoms with Crippen molar-refractivity contribution in [3.63, 3.8) is 0 Å². The monoisotopic (exact) mass is 283 g/mol. The molecule has 2 aromatic carbocycles. The van der Waals surface area contributed by atoms with Crippen LogP contribution < -0.4 is 10.1 Å². The normalized spacial score (nSPS) is 20.8. The summed E-state index contributed by atoms with van der Waals surface area (Å²) in [6.45, 7) is 1.80. The number of rotatable bonds is 6. The van der Waals surface area contributed by atoms with Gasteiger partial charge in [-0.2, -0.15) is 0 Å². The van der Waals surface area contributed by atoms with Gasteiger partial charge in [0.2, 0.25) is 0 Å². The molecule has 1 fully saturated rings. The standard InChI is InChI=1S/C18H21NO2/c20-12-18-16(11-19-18)9-15-7-4-8-17(10-15)21-13-14-5-2-1-3-6-14/h1-8,10,16,18-20H,9,11-13H2/t16-,18-/m1/s1. The van der Waals surface area contributed by atoms with Gasteiger partial charge < -0.3 is 15.2 Å². The van der Waals surface area contributed by atoms with Crippen LogP contribution in [0.25, 0.3) is 0 Å². The molecule has 0 radical (unpaired) electrons. The number of aliphatic hydroxyl groups excluding tert-OH is 1. The summed E-state index contributed by atoms with van der Waals surface area (Å²) in [7, 11) is 0. The minimum Gasteiger partial charge on any atom is -0.489 e. The van der Waals surface area contributed by atoms with Crippen molar-refractivity contribution in [2.75, 3.05) is 13.2 Å². The van der Waals surface area contributed by atoms with Crippen LogP contribution in [0.1, 0.15) is 11.1 Å². The Morgan fingerprint density at radius 2 is 1.86 bits per heavy atom. The maximum Gasteiger partial charge on any atom is 0.120 e. The van der Waals surface area contributed by atoms with Crippen LogP contribution >= 0.6 is 0 Å². The fourth-order valence-corrected chi connectivity index (χ4v) is 2.69. The van der Waals surface area contributed by atoms with E-state index in [1.54, 1.807) is 0 Å². The smallest absolute Gasteiger partial charge is 0.120 e. The van der Waals surface area contributed by atoms with Gasteiger partial charge in [0, 0.05) is 12.6 Å². The molecule has 21 heavy (non-hydrogen) atoms. The molecule has 0 spiro atoms. The first-order valence-electron chi connectivity index (χ1n) is 7.45. The van der Waals surface area contributed by atoms with Gasteiger partial charge in [0.05, 0.1) is 6.61 Å². The van der Waals surface area contributed by atoms with E-state index >= 15 is 0 Å². The first-order valence-corrected chi connectivity index (χ1v) is 7.45. The highest BCUT2D eigenvalue weighted by atomic mass is 16.5. The van der Waals surface area contributed by atoms with E-state index in [0.29, 0.717) is 12.5 Å². The predicted molar refractivity (Wildman–Crippen MR) is 83.3 cm³/mol. The average molecular weight is 283 g/mol. The van der Waals surface area contributed by atoms with Crippen LogP contribution in [0.5, 0.6) is 5.75 Å². The molecule has 3 heteroatoms. The van der Waals surface area contributed by atoms with Crippen molar-refractivity contribution in [3.8, 4) is 5.75 Å². The second-order valence-electron chi connectivity index (χ2n) is 5.58. The Morgan fingerprint density at radius 1 is 1.05 bits per heavy atom. The van der Waals surface area contributed by atoms with Crippen molar-refractivity contribution in [3.05, 3.63) is 65.7 Å². The minimum atomic E-state index is 0.217. The zero-order valence-corrected chi connectivity index (χ0v) is 12.0. The second kappa shape index (κ2) is 6.74. The van der Waals surface area contributed by atoms with E-state index in [1.165, 1.54) is 11.1 Å². The quantitative estimate of drug-likeness (QED) is 0.855. The summed E-state index contributed by atoms with van der Waals surface area (Å²) in [5, 5.41) is 12.5. The van der Waals surface area contributed by atoms with E-state index in [1.807, 2.05) is 30.3 Å². The first kappa shape index (κ1) is 14.1. The highest BCUT2D eigenvalue weighted by Crippen LogP contribution is 2.22. The Labute approximate surface area is 125 Å². The molecule has 2 aromatic rings. The van der Waals surface area contributed by atoms with E-state index in [0.717, 1.165) is 18.7 Å². The molecule has 3 nitrogen and oxygen atoms in total. The lowest BCUT2D eigenvalue weighted by molar-refractivity contribution is 0.135. The molecule has 0 aromatic heterocycles. The summed E-state index contributed by atoms with van der Waals surface area (Å²) < 4.78 is 5.85. The number of aliphatic hydroxyl groups is 1. The number of benzene rings is 2. The van der Waals surface area contributed by atoms with Gasteiger partial charge in [-0.05, 0) is 35.6 Å². The van der Waals surface area contributed by atoms with Gasteiger partial charge in [-0.15, -0.1) is 0 Å². The molecule has 0 saturated carbocycles. The van der Waals surface area contributed by atoms with Crippen LogP contribution in [-0.4, -0.2) is 24.3 Å². The van der Waals surface area contributed by atoms with Crippen LogP contribution in [0.2, 0.25) is 0 Å².